The van der Waals surface area contributed by atoms with Crippen LogP contribution in [0.2, 0.25) is 0 Å². The Kier molecular flexibility index (Phi) is 3.94. The molecule has 1 saturated carbocycles. The summed E-state index contributed by atoms with van der Waals surface area (Å²) in [6.07, 6.45) is 6.74. The van der Waals surface area contributed by atoms with Gasteiger partial charge in [0, 0.05) is 12.6 Å². The molecule has 1 fully saturated rings. The lowest BCUT2D eigenvalue weighted by Crippen LogP contribution is -2.32. The SMILES string of the molecule is CN(Cc1ccc(F)cc1)C1CCCCC1. The Labute approximate surface area is 97.3 Å². The summed E-state index contributed by atoms with van der Waals surface area (Å²) in [6, 6.07) is 7.58. The number of hydrogen-bond acceptors (Lipinski definition) is 1. The lowest BCUT2D eigenvalue weighted by Gasteiger charge is -2.31. The topological polar surface area (TPSA) is 3.24 Å². The molecule has 2 heteroatoms. The van der Waals surface area contributed by atoms with Crippen LogP contribution in [0.5, 0.6) is 0 Å². The lowest BCUT2D eigenvalue weighted by atomic mass is 9.94. The highest BCUT2D eigenvalue weighted by molar-refractivity contribution is 5.15. The van der Waals surface area contributed by atoms with Gasteiger partial charge in [-0.2, -0.15) is 0 Å². The maximum absolute atomic E-state index is 12.8. The Bertz CT molecular complexity index is 314. The van der Waals surface area contributed by atoms with Gasteiger partial charge in [0.15, 0.2) is 0 Å². The van der Waals surface area contributed by atoms with E-state index in [0.29, 0.717) is 0 Å². The smallest absolute Gasteiger partial charge is 0.123 e. The minimum Gasteiger partial charge on any atom is -0.299 e. The normalized spacial score (nSPS) is 17.9. The number of rotatable bonds is 3. The molecule has 1 aliphatic carbocycles. The van der Waals surface area contributed by atoms with Crippen LogP contribution in [0.25, 0.3) is 0 Å². The van der Waals surface area contributed by atoms with Gasteiger partial charge in [-0.3, -0.25) is 4.90 Å². The zero-order chi connectivity index (χ0) is 11.4. The first-order valence-corrected chi connectivity index (χ1v) is 6.20. The van der Waals surface area contributed by atoms with Crippen molar-refractivity contribution in [3.8, 4) is 0 Å². The molecule has 0 aromatic heterocycles. The minimum atomic E-state index is -0.149. The molecule has 0 spiro atoms. The predicted molar refractivity (Wildman–Crippen MR) is 64.7 cm³/mol. The fourth-order valence-electron chi connectivity index (χ4n) is 2.53. The number of benzene rings is 1. The van der Waals surface area contributed by atoms with Gasteiger partial charge in [0.2, 0.25) is 0 Å². The highest BCUT2D eigenvalue weighted by Gasteiger charge is 2.17. The van der Waals surface area contributed by atoms with E-state index in [1.165, 1.54) is 37.7 Å². The number of nitrogens with zero attached hydrogens (tertiary/aromatic N) is 1. The highest BCUT2D eigenvalue weighted by atomic mass is 19.1. The van der Waals surface area contributed by atoms with Crippen molar-refractivity contribution in [1.82, 2.24) is 4.90 Å². The van der Waals surface area contributed by atoms with Gasteiger partial charge in [-0.25, -0.2) is 4.39 Å². The van der Waals surface area contributed by atoms with Crippen LogP contribution in [-0.2, 0) is 6.54 Å². The van der Waals surface area contributed by atoms with Crippen LogP contribution in [0, 0.1) is 5.82 Å². The summed E-state index contributed by atoms with van der Waals surface area (Å²) >= 11 is 0. The van der Waals surface area contributed by atoms with Crippen LogP contribution in [0.15, 0.2) is 24.3 Å². The standard InChI is InChI=1S/C14H20FN/c1-16(14-5-3-2-4-6-14)11-12-7-9-13(15)10-8-12/h7-10,14H,2-6,11H2,1H3. The lowest BCUT2D eigenvalue weighted by molar-refractivity contribution is 0.184. The molecule has 1 aliphatic rings. The van der Waals surface area contributed by atoms with E-state index >= 15 is 0 Å². The average Bonchev–Trinajstić information content (AvgIpc) is 2.33. The third kappa shape index (κ3) is 3.05. The maximum Gasteiger partial charge on any atom is 0.123 e. The van der Waals surface area contributed by atoms with E-state index in [1.807, 2.05) is 12.1 Å². The van der Waals surface area contributed by atoms with Crippen LogP contribution in [0.3, 0.4) is 0 Å². The van der Waals surface area contributed by atoms with E-state index in [1.54, 1.807) is 12.1 Å². The molecule has 2 rings (SSSR count). The Balaban J connectivity index is 1.90. The molecule has 0 bridgehead atoms. The second-order valence-corrected chi connectivity index (χ2v) is 4.83. The molecule has 16 heavy (non-hydrogen) atoms. The van der Waals surface area contributed by atoms with Gasteiger partial charge < -0.3 is 0 Å². The molecular formula is C14H20FN. The molecule has 1 aromatic rings. The van der Waals surface area contributed by atoms with Crippen molar-refractivity contribution in [1.29, 1.82) is 0 Å². The van der Waals surface area contributed by atoms with Gasteiger partial charge in [0.25, 0.3) is 0 Å². The molecule has 0 amide bonds. The van der Waals surface area contributed by atoms with Gasteiger partial charge in [-0.05, 0) is 37.6 Å². The monoisotopic (exact) mass is 221 g/mol. The van der Waals surface area contributed by atoms with E-state index in [4.69, 9.17) is 0 Å². The van der Waals surface area contributed by atoms with Gasteiger partial charge in [-0.15, -0.1) is 0 Å². The van der Waals surface area contributed by atoms with E-state index in [9.17, 15) is 4.39 Å². The predicted octanol–water partition coefficient (Wildman–Crippen LogP) is 3.59. The van der Waals surface area contributed by atoms with Gasteiger partial charge in [-0.1, -0.05) is 31.4 Å². The van der Waals surface area contributed by atoms with Crippen molar-refractivity contribution >= 4 is 0 Å². The van der Waals surface area contributed by atoms with Gasteiger partial charge in [0.05, 0.1) is 0 Å². The first-order chi connectivity index (χ1) is 7.75. The molecule has 0 unspecified atom stereocenters. The molecule has 0 radical (unpaired) electrons. The van der Waals surface area contributed by atoms with Crippen LogP contribution in [0.1, 0.15) is 37.7 Å². The average molecular weight is 221 g/mol. The van der Waals surface area contributed by atoms with E-state index in [-0.39, 0.29) is 5.82 Å². The van der Waals surface area contributed by atoms with Crippen molar-refractivity contribution < 1.29 is 4.39 Å². The van der Waals surface area contributed by atoms with Crippen molar-refractivity contribution in [2.45, 2.75) is 44.7 Å². The van der Waals surface area contributed by atoms with Crippen LogP contribution < -0.4 is 0 Å². The summed E-state index contributed by atoms with van der Waals surface area (Å²) in [5.41, 5.74) is 1.20. The van der Waals surface area contributed by atoms with Gasteiger partial charge >= 0.3 is 0 Å². The fraction of sp³-hybridized carbons (Fsp3) is 0.571. The third-order valence-electron chi connectivity index (χ3n) is 3.54. The van der Waals surface area contributed by atoms with Crippen LogP contribution in [0.4, 0.5) is 4.39 Å². The largest absolute Gasteiger partial charge is 0.299 e. The highest BCUT2D eigenvalue weighted by Crippen LogP contribution is 2.22. The zero-order valence-corrected chi connectivity index (χ0v) is 9.95. The Morgan fingerprint density at radius 2 is 1.75 bits per heavy atom. The van der Waals surface area contributed by atoms with Crippen molar-refractivity contribution in [2.75, 3.05) is 7.05 Å². The molecule has 0 saturated heterocycles. The van der Waals surface area contributed by atoms with Crippen LogP contribution >= 0.6 is 0 Å². The van der Waals surface area contributed by atoms with Crippen molar-refractivity contribution in [3.05, 3.63) is 35.6 Å². The molecule has 0 N–H and O–H groups in total. The molecule has 0 aliphatic heterocycles. The summed E-state index contributed by atoms with van der Waals surface area (Å²) in [6.45, 7) is 0.935. The Hall–Kier alpha value is -0.890. The minimum absolute atomic E-state index is 0.149. The first-order valence-electron chi connectivity index (χ1n) is 6.20. The fourth-order valence-corrected chi connectivity index (χ4v) is 2.53. The second kappa shape index (κ2) is 5.44. The molecule has 0 atom stereocenters. The Morgan fingerprint density at radius 3 is 2.38 bits per heavy atom. The number of halogens is 1. The molecule has 0 heterocycles. The molecular weight excluding hydrogens is 201 g/mol. The zero-order valence-electron chi connectivity index (χ0n) is 9.95. The first kappa shape index (κ1) is 11.6. The number of hydrogen-bond donors (Lipinski definition) is 0. The maximum atomic E-state index is 12.8. The van der Waals surface area contributed by atoms with E-state index in [0.717, 1.165) is 12.6 Å². The summed E-state index contributed by atoms with van der Waals surface area (Å²) in [4.78, 5) is 2.41. The second-order valence-electron chi connectivity index (χ2n) is 4.83. The summed E-state index contributed by atoms with van der Waals surface area (Å²) in [5, 5.41) is 0. The molecule has 1 nitrogen and oxygen atoms in total. The summed E-state index contributed by atoms with van der Waals surface area (Å²) < 4.78 is 12.8. The van der Waals surface area contributed by atoms with E-state index in [2.05, 4.69) is 11.9 Å². The van der Waals surface area contributed by atoms with Crippen molar-refractivity contribution in [2.24, 2.45) is 0 Å². The van der Waals surface area contributed by atoms with Crippen LogP contribution in [-0.4, -0.2) is 18.0 Å². The molecule has 88 valence electrons. The third-order valence-corrected chi connectivity index (χ3v) is 3.54. The van der Waals surface area contributed by atoms with Crippen molar-refractivity contribution in [3.63, 3.8) is 0 Å². The summed E-state index contributed by atoms with van der Waals surface area (Å²) in [7, 11) is 2.18. The van der Waals surface area contributed by atoms with Gasteiger partial charge in [0.1, 0.15) is 5.82 Å². The summed E-state index contributed by atoms with van der Waals surface area (Å²) in [5.74, 6) is -0.149. The van der Waals surface area contributed by atoms with E-state index < -0.39 is 0 Å². The quantitative estimate of drug-likeness (QED) is 0.754. The molecule has 1 aromatic carbocycles. The Morgan fingerprint density at radius 1 is 1.12 bits per heavy atom.